The van der Waals surface area contributed by atoms with Crippen molar-refractivity contribution >= 4 is 17.5 Å². The summed E-state index contributed by atoms with van der Waals surface area (Å²) in [7, 11) is 0. The van der Waals surface area contributed by atoms with E-state index in [0.717, 1.165) is 56.9 Å². The van der Waals surface area contributed by atoms with Crippen LogP contribution in [-0.2, 0) is 11.2 Å². The van der Waals surface area contributed by atoms with Crippen molar-refractivity contribution in [2.75, 3.05) is 24.5 Å². The highest BCUT2D eigenvalue weighted by Gasteiger charge is 2.42. The number of fused-ring (bicyclic) bond motifs is 2. The number of anilines is 1. The first kappa shape index (κ1) is 17.1. The van der Waals surface area contributed by atoms with Crippen molar-refractivity contribution in [3.05, 3.63) is 48.7 Å². The molecule has 8 heteroatoms. The molecule has 2 aliphatic rings. The molecule has 2 saturated heterocycles. The SMILES string of the molecule is O=C1[C@@H](CCCc2cccn3ncnc23)C[C@H]2CN(c3ncccn3)CCN12. The first-order valence-corrected chi connectivity index (χ1v) is 9.89. The van der Waals surface area contributed by atoms with E-state index in [9.17, 15) is 4.79 Å². The number of rotatable bonds is 5. The third kappa shape index (κ3) is 3.08. The summed E-state index contributed by atoms with van der Waals surface area (Å²) in [5, 5.41) is 4.19. The minimum Gasteiger partial charge on any atom is -0.337 e. The summed E-state index contributed by atoms with van der Waals surface area (Å²) < 4.78 is 1.80. The van der Waals surface area contributed by atoms with Crippen LogP contribution < -0.4 is 4.90 Å². The maximum Gasteiger partial charge on any atom is 0.226 e. The van der Waals surface area contributed by atoms with Crippen LogP contribution in [-0.4, -0.2) is 61.0 Å². The number of aryl methyl sites for hydroxylation is 1. The standard InChI is InChI=1S/C20H23N7O/c28-19-16(5-1-4-15-6-2-9-27-18(15)23-14-24-27)12-17-13-25(10-11-26(17)19)20-21-7-3-8-22-20/h2-3,6-9,14,16-17H,1,4-5,10-13H2/t16-,17-/m0/s1. The number of aromatic nitrogens is 5. The molecule has 0 unspecified atom stereocenters. The predicted octanol–water partition coefficient (Wildman–Crippen LogP) is 1.58. The largest absolute Gasteiger partial charge is 0.337 e. The van der Waals surface area contributed by atoms with Gasteiger partial charge in [-0.2, -0.15) is 5.10 Å². The highest BCUT2D eigenvalue weighted by Crippen LogP contribution is 2.32. The summed E-state index contributed by atoms with van der Waals surface area (Å²) in [6.45, 7) is 2.39. The first-order chi connectivity index (χ1) is 13.8. The van der Waals surface area contributed by atoms with Gasteiger partial charge in [-0.15, -0.1) is 0 Å². The topological polar surface area (TPSA) is 79.5 Å². The minimum atomic E-state index is 0.124. The van der Waals surface area contributed by atoms with Crippen molar-refractivity contribution in [3.63, 3.8) is 0 Å². The van der Waals surface area contributed by atoms with E-state index in [1.807, 2.05) is 18.3 Å². The zero-order valence-electron chi connectivity index (χ0n) is 15.7. The van der Waals surface area contributed by atoms with Gasteiger partial charge in [-0.1, -0.05) is 6.07 Å². The highest BCUT2D eigenvalue weighted by atomic mass is 16.2. The monoisotopic (exact) mass is 377 g/mol. The molecule has 0 radical (unpaired) electrons. The van der Waals surface area contributed by atoms with Crippen LogP contribution in [0.25, 0.3) is 5.65 Å². The number of hydrogen-bond donors (Lipinski definition) is 0. The molecule has 28 heavy (non-hydrogen) atoms. The quantitative estimate of drug-likeness (QED) is 0.672. The van der Waals surface area contributed by atoms with Crippen LogP contribution >= 0.6 is 0 Å². The molecule has 2 atom stereocenters. The Bertz CT molecular complexity index is 973. The molecule has 144 valence electrons. The highest BCUT2D eigenvalue weighted by molar-refractivity contribution is 5.82. The molecule has 2 fully saturated rings. The van der Waals surface area contributed by atoms with Gasteiger partial charge < -0.3 is 9.80 Å². The van der Waals surface area contributed by atoms with Crippen molar-refractivity contribution in [1.29, 1.82) is 0 Å². The lowest BCUT2D eigenvalue weighted by atomic mass is 9.96. The van der Waals surface area contributed by atoms with Gasteiger partial charge in [0, 0.05) is 44.1 Å². The summed E-state index contributed by atoms with van der Waals surface area (Å²) in [5.74, 6) is 1.21. The average Bonchev–Trinajstić information content (AvgIpc) is 3.34. The molecule has 2 aliphatic heterocycles. The predicted molar refractivity (Wildman–Crippen MR) is 104 cm³/mol. The van der Waals surface area contributed by atoms with Crippen molar-refractivity contribution in [1.82, 2.24) is 29.5 Å². The Hall–Kier alpha value is -3.03. The van der Waals surface area contributed by atoms with Crippen LogP contribution in [0.5, 0.6) is 0 Å². The second kappa shape index (κ2) is 7.18. The Morgan fingerprint density at radius 1 is 1.11 bits per heavy atom. The normalized spacial score (nSPS) is 22.1. The maximum absolute atomic E-state index is 12.8. The van der Waals surface area contributed by atoms with Gasteiger partial charge in [-0.05, 0) is 43.4 Å². The summed E-state index contributed by atoms with van der Waals surface area (Å²) >= 11 is 0. The van der Waals surface area contributed by atoms with E-state index in [1.165, 1.54) is 5.56 Å². The Labute approximate surface area is 163 Å². The van der Waals surface area contributed by atoms with Crippen molar-refractivity contribution in [3.8, 4) is 0 Å². The van der Waals surface area contributed by atoms with Gasteiger partial charge in [0.05, 0.1) is 6.04 Å². The van der Waals surface area contributed by atoms with Gasteiger partial charge in [0.2, 0.25) is 11.9 Å². The second-order valence-corrected chi connectivity index (χ2v) is 7.57. The van der Waals surface area contributed by atoms with E-state index in [4.69, 9.17) is 0 Å². The van der Waals surface area contributed by atoms with E-state index in [-0.39, 0.29) is 12.0 Å². The molecule has 5 rings (SSSR count). The number of carbonyl (C=O) groups is 1. The third-order valence-electron chi connectivity index (χ3n) is 5.89. The van der Waals surface area contributed by atoms with Gasteiger partial charge in [-0.25, -0.2) is 19.5 Å². The molecule has 0 spiro atoms. The van der Waals surface area contributed by atoms with Crippen molar-refractivity contribution in [2.45, 2.75) is 31.7 Å². The number of pyridine rings is 1. The van der Waals surface area contributed by atoms with Crippen molar-refractivity contribution in [2.24, 2.45) is 5.92 Å². The minimum absolute atomic E-state index is 0.124. The fourth-order valence-electron chi connectivity index (χ4n) is 4.53. The van der Waals surface area contributed by atoms with Gasteiger partial charge in [0.25, 0.3) is 0 Å². The molecule has 8 nitrogen and oxygen atoms in total. The summed E-state index contributed by atoms with van der Waals surface area (Å²) in [6, 6.07) is 6.20. The van der Waals surface area contributed by atoms with E-state index in [2.05, 4.69) is 35.9 Å². The van der Waals surface area contributed by atoms with Gasteiger partial charge >= 0.3 is 0 Å². The fourth-order valence-corrected chi connectivity index (χ4v) is 4.53. The third-order valence-corrected chi connectivity index (χ3v) is 5.89. The fraction of sp³-hybridized carbons (Fsp3) is 0.450. The lowest BCUT2D eigenvalue weighted by Gasteiger charge is -2.37. The lowest BCUT2D eigenvalue weighted by molar-refractivity contribution is -0.132. The molecule has 5 heterocycles. The van der Waals surface area contributed by atoms with Crippen LogP contribution in [0.1, 0.15) is 24.8 Å². The molecular weight excluding hydrogens is 354 g/mol. The van der Waals surface area contributed by atoms with Gasteiger partial charge in [0.15, 0.2) is 5.65 Å². The number of carbonyl (C=O) groups excluding carboxylic acids is 1. The lowest BCUT2D eigenvalue weighted by Crippen LogP contribution is -2.52. The Balaban J connectivity index is 1.20. The van der Waals surface area contributed by atoms with Crippen LogP contribution in [0.3, 0.4) is 0 Å². The maximum atomic E-state index is 12.8. The van der Waals surface area contributed by atoms with Crippen LogP contribution in [0.15, 0.2) is 43.1 Å². The second-order valence-electron chi connectivity index (χ2n) is 7.57. The summed E-state index contributed by atoms with van der Waals surface area (Å²) in [5.41, 5.74) is 2.10. The van der Waals surface area contributed by atoms with Gasteiger partial charge in [-0.3, -0.25) is 4.79 Å². The molecule has 3 aromatic heterocycles. The molecule has 0 N–H and O–H groups in total. The molecule has 0 saturated carbocycles. The van der Waals surface area contributed by atoms with Gasteiger partial charge in [0.1, 0.15) is 6.33 Å². The van der Waals surface area contributed by atoms with E-state index < -0.39 is 0 Å². The van der Waals surface area contributed by atoms with Crippen molar-refractivity contribution < 1.29 is 4.79 Å². The van der Waals surface area contributed by atoms with E-state index >= 15 is 0 Å². The number of amides is 1. The van der Waals surface area contributed by atoms with Crippen LogP contribution in [0.2, 0.25) is 0 Å². The number of nitrogens with zero attached hydrogens (tertiary/aromatic N) is 7. The zero-order valence-corrected chi connectivity index (χ0v) is 15.7. The van der Waals surface area contributed by atoms with Crippen LogP contribution in [0.4, 0.5) is 5.95 Å². The molecule has 1 amide bonds. The summed E-state index contributed by atoms with van der Waals surface area (Å²) in [4.78, 5) is 30.2. The molecule has 0 bridgehead atoms. The molecule has 3 aromatic rings. The molecular formula is C20H23N7O. The Morgan fingerprint density at radius 3 is 2.89 bits per heavy atom. The van der Waals surface area contributed by atoms with E-state index in [1.54, 1.807) is 23.2 Å². The van der Waals surface area contributed by atoms with E-state index in [0.29, 0.717) is 5.91 Å². The number of hydrogen-bond acceptors (Lipinski definition) is 6. The molecule has 0 aliphatic carbocycles. The smallest absolute Gasteiger partial charge is 0.226 e. The number of piperazine rings is 1. The Morgan fingerprint density at radius 2 is 2.00 bits per heavy atom. The zero-order chi connectivity index (χ0) is 18.9. The van der Waals surface area contributed by atoms with Crippen LogP contribution in [0, 0.1) is 5.92 Å². The average molecular weight is 377 g/mol. The summed E-state index contributed by atoms with van der Waals surface area (Å²) in [6.07, 6.45) is 10.8. The Kier molecular flexibility index (Phi) is 4.38. The molecule has 0 aromatic carbocycles. The first-order valence-electron chi connectivity index (χ1n) is 9.89.